The third-order valence-corrected chi connectivity index (χ3v) is 7.69. The van der Waals surface area contributed by atoms with Crippen LogP contribution in [0.5, 0.6) is 17.2 Å². The minimum absolute atomic E-state index is 0.143. The fraction of sp³-hybridized carbons (Fsp3) is 0.444. The van der Waals surface area contributed by atoms with E-state index in [0.717, 1.165) is 6.07 Å². The van der Waals surface area contributed by atoms with Gasteiger partial charge in [0.15, 0.2) is 0 Å². The first kappa shape index (κ1) is 30.1. The molecule has 2 aliphatic heterocycles. The Hall–Kier alpha value is -3.35. The lowest BCUT2D eigenvalue weighted by Crippen LogP contribution is -2.56. The highest BCUT2D eigenvalue weighted by atomic mass is 16.6. The van der Waals surface area contributed by atoms with E-state index in [1.807, 2.05) is 0 Å². The maximum Gasteiger partial charge on any atom is 0.203 e. The van der Waals surface area contributed by atoms with Crippen molar-refractivity contribution in [3.05, 3.63) is 51.7 Å². The largest absolute Gasteiger partial charge is 0.508 e. The van der Waals surface area contributed by atoms with Crippen molar-refractivity contribution in [2.75, 3.05) is 13.2 Å². The minimum Gasteiger partial charge on any atom is -0.508 e. The molecule has 2 aromatic carbocycles. The molecule has 10 atom stereocenters. The standard InChI is InChI=1S/C27H30O15/c28-6-12-17(32)21(36)23(38)26(41-12)14-10(31)5-11-15(19(14)34)20(35)16(25(40-11)8-1-3-9(30)4-2-8)27-24(39)22(37)18(33)13(7-29)42-27/h1-5,12-13,17-18,21-24,26-34,36-39H,6-7H2/t12?,13?,17-,18-,21+,22?,23?,24?,26+,27+/m1/s1. The van der Waals surface area contributed by atoms with Crippen LogP contribution in [0.3, 0.4) is 0 Å². The molecular formula is C27H30O15. The van der Waals surface area contributed by atoms with Crippen LogP contribution in [-0.4, -0.2) is 118 Å². The van der Waals surface area contributed by atoms with Crippen LogP contribution in [0, 0.1) is 0 Å². The average molecular weight is 595 g/mol. The van der Waals surface area contributed by atoms with Crippen molar-refractivity contribution in [2.24, 2.45) is 0 Å². The molecule has 0 saturated carbocycles. The zero-order chi connectivity index (χ0) is 30.6. The smallest absolute Gasteiger partial charge is 0.203 e. The molecule has 0 spiro atoms. The first-order chi connectivity index (χ1) is 19.9. The molecule has 15 heteroatoms. The molecule has 5 unspecified atom stereocenters. The molecule has 0 radical (unpaired) electrons. The molecular weight excluding hydrogens is 564 g/mol. The molecule has 0 amide bonds. The molecule has 42 heavy (non-hydrogen) atoms. The second kappa shape index (κ2) is 11.4. The van der Waals surface area contributed by atoms with Crippen molar-refractivity contribution in [3.8, 4) is 28.6 Å². The quantitative estimate of drug-likeness (QED) is 0.147. The van der Waals surface area contributed by atoms with E-state index < -0.39 is 113 Å². The normalized spacial score (nSPS) is 33.6. The zero-order valence-electron chi connectivity index (χ0n) is 21.6. The van der Waals surface area contributed by atoms with Gasteiger partial charge in [-0.15, -0.1) is 0 Å². The van der Waals surface area contributed by atoms with Crippen molar-refractivity contribution < 1.29 is 70.1 Å². The molecule has 228 valence electrons. The van der Waals surface area contributed by atoms with E-state index in [2.05, 4.69) is 0 Å². The summed E-state index contributed by atoms with van der Waals surface area (Å²) in [5.74, 6) is -2.16. The Kier molecular flexibility index (Phi) is 8.16. The SMILES string of the molecule is O=c1c([C@@H]2OC(CO)[C@@H](O)C(O)C2O)c(-c2ccc(O)cc2)oc2cc(O)c([C@@H]3OC(CO)[C@@H](O)[C@H](O)C3O)c(O)c12. The summed E-state index contributed by atoms with van der Waals surface area (Å²) in [4.78, 5) is 14.1. The zero-order valence-corrected chi connectivity index (χ0v) is 21.6. The third-order valence-electron chi connectivity index (χ3n) is 7.69. The Balaban J connectivity index is 1.77. The van der Waals surface area contributed by atoms with Crippen LogP contribution in [0.4, 0.5) is 0 Å². The van der Waals surface area contributed by atoms with Crippen molar-refractivity contribution in [2.45, 2.75) is 61.0 Å². The Morgan fingerprint density at radius 1 is 0.667 bits per heavy atom. The summed E-state index contributed by atoms with van der Waals surface area (Å²) in [6.07, 6.45) is -17.5. The fourth-order valence-corrected chi connectivity index (χ4v) is 5.40. The Morgan fingerprint density at radius 3 is 1.67 bits per heavy atom. The van der Waals surface area contributed by atoms with Gasteiger partial charge < -0.3 is 70.1 Å². The number of hydrogen-bond donors (Lipinski definition) is 11. The van der Waals surface area contributed by atoms with Gasteiger partial charge in [-0.2, -0.15) is 0 Å². The number of rotatable bonds is 5. The van der Waals surface area contributed by atoms with E-state index in [1.165, 1.54) is 24.3 Å². The van der Waals surface area contributed by atoms with Gasteiger partial charge in [-0.05, 0) is 24.3 Å². The number of phenols is 3. The lowest BCUT2D eigenvalue weighted by atomic mass is 9.87. The number of benzene rings is 2. The summed E-state index contributed by atoms with van der Waals surface area (Å²) in [7, 11) is 0. The highest BCUT2D eigenvalue weighted by Gasteiger charge is 2.48. The number of phenolic OH excluding ortho intramolecular Hbond substituents is 3. The molecule has 0 aliphatic carbocycles. The number of fused-ring (bicyclic) bond motifs is 1. The summed E-state index contributed by atoms with van der Waals surface area (Å²) in [6.45, 7) is -1.62. The minimum atomic E-state index is -1.94. The van der Waals surface area contributed by atoms with Crippen LogP contribution in [0.15, 0.2) is 39.5 Å². The molecule has 3 heterocycles. The van der Waals surface area contributed by atoms with E-state index in [9.17, 15) is 61.0 Å². The maximum absolute atomic E-state index is 14.1. The van der Waals surface area contributed by atoms with Crippen molar-refractivity contribution in [1.82, 2.24) is 0 Å². The summed E-state index contributed by atoms with van der Waals surface area (Å²) < 4.78 is 17.0. The molecule has 15 nitrogen and oxygen atoms in total. The predicted octanol–water partition coefficient (Wildman–Crippen LogP) is -2.39. The molecule has 2 aliphatic rings. The second-order valence-electron chi connectivity index (χ2n) is 10.3. The van der Waals surface area contributed by atoms with Gasteiger partial charge in [-0.3, -0.25) is 4.79 Å². The van der Waals surface area contributed by atoms with Gasteiger partial charge in [0.1, 0.15) is 95.0 Å². The lowest BCUT2D eigenvalue weighted by molar-refractivity contribution is -0.232. The summed E-state index contributed by atoms with van der Waals surface area (Å²) in [5, 5.41) is 113. The van der Waals surface area contributed by atoms with Crippen LogP contribution in [-0.2, 0) is 9.47 Å². The van der Waals surface area contributed by atoms with Crippen LogP contribution in [0.2, 0.25) is 0 Å². The third kappa shape index (κ3) is 4.79. The Morgan fingerprint density at radius 2 is 1.17 bits per heavy atom. The summed E-state index contributed by atoms with van der Waals surface area (Å²) >= 11 is 0. The van der Waals surface area contributed by atoms with Gasteiger partial charge in [0.05, 0.1) is 24.3 Å². The average Bonchev–Trinajstić information content (AvgIpc) is 2.96. The fourth-order valence-electron chi connectivity index (χ4n) is 5.40. The molecule has 3 aromatic rings. The van der Waals surface area contributed by atoms with Crippen LogP contribution in [0.25, 0.3) is 22.3 Å². The molecule has 1 aromatic heterocycles. The van der Waals surface area contributed by atoms with Crippen LogP contribution >= 0.6 is 0 Å². The highest BCUT2D eigenvalue weighted by molar-refractivity contribution is 5.89. The predicted molar refractivity (Wildman–Crippen MR) is 138 cm³/mol. The number of ether oxygens (including phenoxy) is 2. The van der Waals surface area contributed by atoms with Gasteiger partial charge in [-0.1, -0.05) is 0 Å². The number of aliphatic hydroxyl groups is 8. The van der Waals surface area contributed by atoms with Crippen molar-refractivity contribution >= 4 is 11.0 Å². The maximum atomic E-state index is 14.1. The van der Waals surface area contributed by atoms with Gasteiger partial charge >= 0.3 is 0 Å². The van der Waals surface area contributed by atoms with Gasteiger partial charge in [0, 0.05) is 11.6 Å². The van der Waals surface area contributed by atoms with Crippen molar-refractivity contribution in [1.29, 1.82) is 0 Å². The second-order valence-corrected chi connectivity index (χ2v) is 10.3. The number of aromatic hydroxyl groups is 3. The van der Waals surface area contributed by atoms with E-state index in [1.54, 1.807) is 0 Å². The van der Waals surface area contributed by atoms with Gasteiger partial charge in [0.25, 0.3) is 0 Å². The van der Waals surface area contributed by atoms with E-state index in [4.69, 9.17) is 13.9 Å². The summed E-state index contributed by atoms with van der Waals surface area (Å²) in [5.41, 5.74) is -2.39. The first-order valence-electron chi connectivity index (χ1n) is 12.9. The lowest BCUT2D eigenvalue weighted by Gasteiger charge is -2.40. The molecule has 2 fully saturated rings. The number of hydrogen-bond acceptors (Lipinski definition) is 15. The van der Waals surface area contributed by atoms with Gasteiger partial charge in [-0.25, -0.2) is 0 Å². The van der Waals surface area contributed by atoms with E-state index >= 15 is 0 Å². The van der Waals surface area contributed by atoms with E-state index in [-0.39, 0.29) is 17.1 Å². The molecule has 5 rings (SSSR count). The monoisotopic (exact) mass is 594 g/mol. The molecule has 0 bridgehead atoms. The topological polar surface area (TPSA) is 271 Å². The van der Waals surface area contributed by atoms with Crippen LogP contribution < -0.4 is 5.43 Å². The molecule has 2 saturated heterocycles. The van der Waals surface area contributed by atoms with Crippen LogP contribution in [0.1, 0.15) is 23.3 Å². The van der Waals surface area contributed by atoms with Crippen molar-refractivity contribution in [3.63, 3.8) is 0 Å². The molecule has 11 N–H and O–H groups in total. The highest BCUT2D eigenvalue weighted by Crippen LogP contribution is 2.46. The Bertz CT molecular complexity index is 1500. The van der Waals surface area contributed by atoms with E-state index in [0.29, 0.717) is 0 Å². The van der Waals surface area contributed by atoms with Gasteiger partial charge in [0.2, 0.25) is 5.43 Å². The number of aliphatic hydroxyl groups excluding tert-OH is 8. The summed E-state index contributed by atoms with van der Waals surface area (Å²) in [6, 6.07) is 6.11. The first-order valence-corrected chi connectivity index (χ1v) is 12.9. The Labute approximate surface area is 235 Å².